The van der Waals surface area contributed by atoms with Gasteiger partial charge in [-0.1, -0.05) is 0 Å². The van der Waals surface area contributed by atoms with Crippen molar-refractivity contribution >= 4 is 12.2 Å². The van der Waals surface area contributed by atoms with Gasteiger partial charge >= 0.3 is 0 Å². The van der Waals surface area contributed by atoms with Crippen LogP contribution in [0.5, 0.6) is 0 Å². The molecule has 1 rings (SSSR count). The van der Waals surface area contributed by atoms with Crippen LogP contribution in [0.15, 0.2) is 17.3 Å². The van der Waals surface area contributed by atoms with Crippen molar-refractivity contribution in [3.05, 3.63) is 17.8 Å². The zero-order valence-electron chi connectivity index (χ0n) is 7.52. The molecule has 0 N–H and O–H groups in total. The normalized spacial score (nSPS) is 10.6. The molecule has 12 heavy (non-hydrogen) atoms. The highest BCUT2D eigenvalue weighted by atomic mass is 15.2. The third kappa shape index (κ3) is 2.65. The molecule has 0 atom stereocenters. The summed E-state index contributed by atoms with van der Waals surface area (Å²) in [5.41, 5.74) is 1.07. The van der Waals surface area contributed by atoms with Crippen LogP contribution in [0.2, 0.25) is 0 Å². The number of aryl methyl sites for hydroxylation is 1. The first kappa shape index (κ1) is 8.64. The predicted molar refractivity (Wildman–Crippen MR) is 48.6 cm³/mol. The fourth-order valence-corrected chi connectivity index (χ4v) is 0.687. The average Bonchev–Trinajstić information content (AvgIpc) is 2.01. The van der Waals surface area contributed by atoms with Gasteiger partial charge in [-0.3, -0.25) is 0 Å². The van der Waals surface area contributed by atoms with Crippen LogP contribution in [0.3, 0.4) is 0 Å². The Morgan fingerprint density at radius 1 is 1.50 bits per heavy atom. The molecule has 0 unspecified atom stereocenters. The number of aliphatic imine (C=N–C) groups is 1. The highest BCUT2D eigenvalue weighted by Crippen LogP contribution is 2.05. The van der Waals surface area contributed by atoms with Crippen LogP contribution in [-0.4, -0.2) is 35.5 Å². The highest BCUT2D eigenvalue weighted by molar-refractivity contribution is 5.58. The maximum atomic E-state index is 4.09. The standard InChI is InChI=1S/C8H12N4/c1-7-4-8(11-10-5-7)9-6-12(2)3/h4-6H,1-3H3. The van der Waals surface area contributed by atoms with Gasteiger partial charge in [0.25, 0.3) is 0 Å². The zero-order valence-corrected chi connectivity index (χ0v) is 7.52. The van der Waals surface area contributed by atoms with Crippen molar-refractivity contribution in [1.29, 1.82) is 0 Å². The van der Waals surface area contributed by atoms with Crippen molar-refractivity contribution in [2.24, 2.45) is 4.99 Å². The first-order chi connectivity index (χ1) is 5.68. The Hall–Kier alpha value is -1.45. The maximum absolute atomic E-state index is 4.09. The van der Waals surface area contributed by atoms with Crippen LogP contribution in [0.25, 0.3) is 0 Å². The molecule has 0 radical (unpaired) electrons. The maximum Gasteiger partial charge on any atom is 0.176 e. The molecular formula is C8H12N4. The van der Waals surface area contributed by atoms with E-state index in [4.69, 9.17) is 0 Å². The van der Waals surface area contributed by atoms with E-state index in [0.29, 0.717) is 5.82 Å². The monoisotopic (exact) mass is 164 g/mol. The summed E-state index contributed by atoms with van der Waals surface area (Å²) in [5.74, 6) is 0.642. The lowest BCUT2D eigenvalue weighted by atomic mass is 10.3. The van der Waals surface area contributed by atoms with Crippen LogP contribution in [0.1, 0.15) is 5.56 Å². The van der Waals surface area contributed by atoms with E-state index < -0.39 is 0 Å². The van der Waals surface area contributed by atoms with E-state index in [1.165, 1.54) is 0 Å². The summed E-state index contributed by atoms with van der Waals surface area (Å²) < 4.78 is 0. The molecule has 0 fully saturated rings. The molecule has 0 bridgehead atoms. The molecule has 1 aromatic heterocycles. The summed E-state index contributed by atoms with van der Waals surface area (Å²) in [6.45, 7) is 1.96. The number of rotatable bonds is 2. The van der Waals surface area contributed by atoms with Gasteiger partial charge in [0.2, 0.25) is 0 Å². The van der Waals surface area contributed by atoms with Crippen LogP contribution < -0.4 is 0 Å². The lowest BCUT2D eigenvalue weighted by Gasteiger charge is -2.01. The Labute approximate surface area is 72.0 Å². The van der Waals surface area contributed by atoms with E-state index in [-0.39, 0.29) is 0 Å². The van der Waals surface area contributed by atoms with Gasteiger partial charge in [0, 0.05) is 14.1 Å². The Bertz CT molecular complexity index is 280. The van der Waals surface area contributed by atoms with Gasteiger partial charge in [0.15, 0.2) is 5.82 Å². The summed E-state index contributed by atoms with van der Waals surface area (Å²) >= 11 is 0. The second kappa shape index (κ2) is 3.80. The van der Waals surface area contributed by atoms with Gasteiger partial charge in [0.1, 0.15) is 0 Å². The van der Waals surface area contributed by atoms with Gasteiger partial charge in [0.05, 0.1) is 12.5 Å². The number of hydrogen-bond acceptors (Lipinski definition) is 3. The molecule has 4 nitrogen and oxygen atoms in total. The Kier molecular flexibility index (Phi) is 2.74. The second-order valence-electron chi connectivity index (χ2n) is 2.80. The van der Waals surface area contributed by atoms with E-state index >= 15 is 0 Å². The quantitative estimate of drug-likeness (QED) is 0.484. The average molecular weight is 164 g/mol. The second-order valence-corrected chi connectivity index (χ2v) is 2.80. The van der Waals surface area contributed by atoms with E-state index in [2.05, 4.69) is 15.2 Å². The topological polar surface area (TPSA) is 41.4 Å². The number of aromatic nitrogens is 2. The molecule has 0 aromatic carbocycles. The fourth-order valence-electron chi connectivity index (χ4n) is 0.687. The smallest absolute Gasteiger partial charge is 0.176 e. The lowest BCUT2D eigenvalue weighted by molar-refractivity contribution is 0.642. The SMILES string of the molecule is Cc1cnnc(N=CN(C)C)c1. The molecule has 1 aromatic rings. The van der Waals surface area contributed by atoms with Gasteiger partial charge in [-0.05, 0) is 18.6 Å². The number of nitrogens with zero attached hydrogens (tertiary/aromatic N) is 4. The molecule has 0 aliphatic carbocycles. The van der Waals surface area contributed by atoms with Crippen molar-refractivity contribution in [3.8, 4) is 0 Å². The molecule has 0 aliphatic rings. The largest absolute Gasteiger partial charge is 0.369 e. The number of hydrogen-bond donors (Lipinski definition) is 0. The Balaban J connectivity index is 2.76. The van der Waals surface area contributed by atoms with Crippen molar-refractivity contribution in [2.45, 2.75) is 6.92 Å². The molecule has 0 spiro atoms. The molecular weight excluding hydrogens is 152 g/mol. The molecule has 0 aliphatic heterocycles. The van der Waals surface area contributed by atoms with Gasteiger partial charge in [-0.2, -0.15) is 5.10 Å². The summed E-state index contributed by atoms with van der Waals surface area (Å²) in [6, 6.07) is 1.88. The molecule has 64 valence electrons. The molecule has 4 heteroatoms. The minimum atomic E-state index is 0.642. The van der Waals surface area contributed by atoms with Gasteiger partial charge in [-0.25, -0.2) is 4.99 Å². The summed E-state index contributed by atoms with van der Waals surface area (Å²) in [7, 11) is 3.82. The van der Waals surface area contributed by atoms with E-state index in [1.54, 1.807) is 12.5 Å². The van der Waals surface area contributed by atoms with E-state index in [0.717, 1.165) is 5.56 Å². The fraction of sp³-hybridized carbons (Fsp3) is 0.375. The Morgan fingerprint density at radius 2 is 2.25 bits per heavy atom. The lowest BCUT2D eigenvalue weighted by Crippen LogP contribution is -2.07. The first-order valence-electron chi connectivity index (χ1n) is 3.68. The van der Waals surface area contributed by atoms with E-state index in [9.17, 15) is 0 Å². The van der Waals surface area contributed by atoms with Crippen LogP contribution in [0, 0.1) is 6.92 Å². The summed E-state index contributed by atoms with van der Waals surface area (Å²) in [6.07, 6.45) is 3.40. The van der Waals surface area contributed by atoms with Gasteiger partial charge in [-0.15, -0.1) is 5.10 Å². The van der Waals surface area contributed by atoms with Crippen molar-refractivity contribution < 1.29 is 0 Å². The first-order valence-corrected chi connectivity index (χ1v) is 3.68. The third-order valence-electron chi connectivity index (χ3n) is 1.20. The minimum absolute atomic E-state index is 0.642. The van der Waals surface area contributed by atoms with Crippen molar-refractivity contribution in [2.75, 3.05) is 14.1 Å². The van der Waals surface area contributed by atoms with E-state index in [1.807, 2.05) is 32.0 Å². The molecule has 1 heterocycles. The summed E-state index contributed by atoms with van der Waals surface area (Å²) in [5, 5.41) is 7.62. The minimum Gasteiger partial charge on any atom is -0.369 e. The molecule has 0 saturated carbocycles. The van der Waals surface area contributed by atoms with Crippen LogP contribution in [0.4, 0.5) is 5.82 Å². The van der Waals surface area contributed by atoms with Crippen LogP contribution in [-0.2, 0) is 0 Å². The molecule has 0 amide bonds. The van der Waals surface area contributed by atoms with Crippen molar-refractivity contribution in [3.63, 3.8) is 0 Å². The predicted octanol–water partition coefficient (Wildman–Crippen LogP) is 1.01. The summed E-state index contributed by atoms with van der Waals surface area (Å²) in [4.78, 5) is 5.95. The third-order valence-corrected chi connectivity index (χ3v) is 1.20. The zero-order chi connectivity index (χ0) is 8.97. The van der Waals surface area contributed by atoms with Crippen LogP contribution >= 0.6 is 0 Å². The molecule has 0 saturated heterocycles. The Morgan fingerprint density at radius 3 is 2.83 bits per heavy atom. The highest BCUT2D eigenvalue weighted by Gasteiger charge is 1.90. The van der Waals surface area contributed by atoms with Crippen molar-refractivity contribution in [1.82, 2.24) is 15.1 Å². The van der Waals surface area contributed by atoms with Gasteiger partial charge < -0.3 is 4.90 Å².